The molecule has 2 heterocycles. The molecule has 0 atom stereocenters. The largest absolute Gasteiger partial charge is 0.368 e. The summed E-state index contributed by atoms with van der Waals surface area (Å²) < 4.78 is 0. The van der Waals surface area contributed by atoms with Gasteiger partial charge in [-0.2, -0.15) is 0 Å². The summed E-state index contributed by atoms with van der Waals surface area (Å²) in [6.07, 6.45) is 0. The first-order valence-electron chi connectivity index (χ1n) is 9.65. The Balaban J connectivity index is 1.29. The molecule has 1 aromatic heterocycles. The van der Waals surface area contributed by atoms with Crippen molar-refractivity contribution in [2.45, 2.75) is 6.92 Å². The van der Waals surface area contributed by atoms with Crippen LogP contribution in [0, 0.1) is 6.92 Å². The third-order valence-electron chi connectivity index (χ3n) is 5.25. The Hall–Kier alpha value is -2.99. The van der Waals surface area contributed by atoms with Gasteiger partial charge in [-0.15, -0.1) is 0 Å². The van der Waals surface area contributed by atoms with Crippen molar-refractivity contribution in [1.29, 1.82) is 0 Å². The molecule has 6 nitrogen and oxygen atoms in total. The molecule has 1 aliphatic rings. The number of aryl methyl sites for hydroxylation is 1. The van der Waals surface area contributed by atoms with Gasteiger partial charge in [0.1, 0.15) is 5.69 Å². The molecule has 0 spiro atoms. The number of carbonyl (C=O) groups excluding carboxylic acids is 2. The second-order valence-corrected chi connectivity index (χ2v) is 7.74. The Morgan fingerprint density at radius 1 is 1.03 bits per heavy atom. The highest BCUT2D eigenvalue weighted by molar-refractivity contribution is 6.30. The second kappa shape index (κ2) is 8.17. The molecule has 7 heteroatoms. The van der Waals surface area contributed by atoms with Crippen molar-refractivity contribution in [1.82, 2.24) is 15.2 Å². The quantitative estimate of drug-likeness (QED) is 0.694. The minimum Gasteiger partial charge on any atom is -0.368 e. The fourth-order valence-corrected chi connectivity index (χ4v) is 3.72. The van der Waals surface area contributed by atoms with Crippen LogP contribution in [0.5, 0.6) is 0 Å². The molecule has 2 aromatic carbocycles. The van der Waals surface area contributed by atoms with Gasteiger partial charge in [0.25, 0.3) is 5.91 Å². The first-order chi connectivity index (χ1) is 14.0. The number of fused-ring (bicyclic) bond motifs is 1. The molecule has 0 unspecified atom stereocenters. The average molecular weight is 411 g/mol. The highest BCUT2D eigenvalue weighted by Gasteiger charge is 2.22. The van der Waals surface area contributed by atoms with Gasteiger partial charge in [-0.25, -0.2) is 0 Å². The first kappa shape index (κ1) is 19.3. The smallest absolute Gasteiger partial charge is 0.268 e. The summed E-state index contributed by atoms with van der Waals surface area (Å²) in [5.41, 5.74) is 3.61. The number of amides is 2. The van der Waals surface area contributed by atoms with Gasteiger partial charge in [-0.05, 0) is 48.9 Å². The normalized spacial score (nSPS) is 14.3. The monoisotopic (exact) mass is 410 g/mol. The van der Waals surface area contributed by atoms with Gasteiger partial charge in [0.2, 0.25) is 5.91 Å². The minimum absolute atomic E-state index is 0.00578. The molecule has 1 fully saturated rings. The number of hydrogen-bond donors (Lipinski definition) is 2. The molecule has 150 valence electrons. The van der Waals surface area contributed by atoms with Crippen LogP contribution in [0.4, 0.5) is 5.69 Å². The molecule has 0 aliphatic carbocycles. The summed E-state index contributed by atoms with van der Waals surface area (Å²) in [5, 5.41) is 4.42. The fourth-order valence-electron chi connectivity index (χ4n) is 3.59. The van der Waals surface area contributed by atoms with E-state index in [2.05, 4.69) is 15.2 Å². The maximum atomic E-state index is 12.5. The average Bonchev–Trinajstić information content (AvgIpc) is 3.16. The minimum atomic E-state index is -0.271. The fraction of sp³-hybridized carbons (Fsp3) is 0.273. The summed E-state index contributed by atoms with van der Waals surface area (Å²) >= 11 is 5.94. The third-order valence-corrected chi connectivity index (χ3v) is 5.50. The molecule has 2 amide bonds. The summed E-state index contributed by atoms with van der Waals surface area (Å²) in [4.78, 5) is 32.1. The lowest BCUT2D eigenvalue weighted by Gasteiger charge is -2.36. The standard InChI is InChI=1S/C22H23ClN4O2/c1-15-2-3-16-13-20(25-19(16)12-15)22(29)24-14-21(28)27-10-8-26(9-11-27)18-6-4-17(23)5-7-18/h2-7,12-13,25H,8-11,14H2,1H3,(H,24,29). The van der Waals surface area contributed by atoms with Crippen LogP contribution in [0.25, 0.3) is 10.9 Å². The summed E-state index contributed by atoms with van der Waals surface area (Å²) in [6, 6.07) is 15.5. The molecular weight excluding hydrogens is 388 g/mol. The van der Waals surface area contributed by atoms with E-state index < -0.39 is 0 Å². The van der Waals surface area contributed by atoms with E-state index in [1.165, 1.54) is 0 Å². The zero-order valence-corrected chi connectivity index (χ0v) is 17.0. The maximum absolute atomic E-state index is 12.5. The lowest BCUT2D eigenvalue weighted by Crippen LogP contribution is -2.51. The number of nitrogens with zero attached hydrogens (tertiary/aromatic N) is 2. The SMILES string of the molecule is Cc1ccc2cc(C(=O)NCC(=O)N3CCN(c4ccc(Cl)cc4)CC3)[nH]c2c1. The third kappa shape index (κ3) is 4.38. The lowest BCUT2D eigenvalue weighted by molar-refractivity contribution is -0.130. The Labute approximate surface area is 174 Å². The first-order valence-corrected chi connectivity index (χ1v) is 10.0. The van der Waals surface area contributed by atoms with Crippen LogP contribution in [0.3, 0.4) is 0 Å². The molecule has 4 rings (SSSR count). The van der Waals surface area contributed by atoms with Gasteiger partial charge in [0, 0.05) is 47.8 Å². The molecule has 1 saturated heterocycles. The van der Waals surface area contributed by atoms with Crippen molar-refractivity contribution >= 4 is 40.0 Å². The van der Waals surface area contributed by atoms with Crippen LogP contribution in [0.15, 0.2) is 48.5 Å². The lowest BCUT2D eigenvalue weighted by atomic mass is 10.2. The van der Waals surface area contributed by atoms with Gasteiger partial charge >= 0.3 is 0 Å². The number of halogens is 1. The molecule has 1 aliphatic heterocycles. The highest BCUT2D eigenvalue weighted by Crippen LogP contribution is 2.20. The van der Waals surface area contributed by atoms with Crippen LogP contribution in [-0.4, -0.2) is 54.4 Å². The van der Waals surface area contributed by atoms with E-state index in [0.29, 0.717) is 23.8 Å². The molecule has 29 heavy (non-hydrogen) atoms. The Kier molecular flexibility index (Phi) is 5.45. The molecule has 3 aromatic rings. The predicted octanol–water partition coefficient (Wildman–Crippen LogP) is 3.21. The Morgan fingerprint density at radius 3 is 2.48 bits per heavy atom. The summed E-state index contributed by atoms with van der Waals surface area (Å²) in [7, 11) is 0. The van der Waals surface area contributed by atoms with Crippen LogP contribution >= 0.6 is 11.6 Å². The molecule has 0 saturated carbocycles. The number of carbonyl (C=O) groups is 2. The number of aromatic nitrogens is 1. The Bertz CT molecular complexity index is 1040. The number of hydrogen-bond acceptors (Lipinski definition) is 3. The number of H-pyrrole nitrogens is 1. The van der Waals surface area contributed by atoms with E-state index in [1.54, 1.807) is 11.0 Å². The van der Waals surface area contributed by atoms with Crippen molar-refractivity contribution in [3.63, 3.8) is 0 Å². The van der Waals surface area contributed by atoms with Gasteiger partial charge in [-0.3, -0.25) is 9.59 Å². The van der Waals surface area contributed by atoms with Crippen LogP contribution in [0.1, 0.15) is 16.1 Å². The zero-order valence-electron chi connectivity index (χ0n) is 16.2. The van der Waals surface area contributed by atoms with Crippen LogP contribution in [-0.2, 0) is 4.79 Å². The van der Waals surface area contributed by atoms with Crippen molar-refractivity contribution in [2.75, 3.05) is 37.6 Å². The number of piperazine rings is 1. The number of anilines is 1. The van der Waals surface area contributed by atoms with Gasteiger partial charge in [-0.1, -0.05) is 23.7 Å². The summed E-state index contributed by atoms with van der Waals surface area (Å²) in [6.45, 7) is 4.76. The molecule has 0 radical (unpaired) electrons. The van der Waals surface area contributed by atoms with Crippen molar-refractivity contribution in [2.24, 2.45) is 0 Å². The van der Waals surface area contributed by atoms with Crippen LogP contribution < -0.4 is 10.2 Å². The maximum Gasteiger partial charge on any atom is 0.268 e. The second-order valence-electron chi connectivity index (χ2n) is 7.30. The van der Waals surface area contributed by atoms with Gasteiger partial charge in [0.05, 0.1) is 6.54 Å². The number of aromatic amines is 1. The Morgan fingerprint density at radius 2 is 1.76 bits per heavy atom. The molecular formula is C22H23ClN4O2. The topological polar surface area (TPSA) is 68.4 Å². The van der Waals surface area contributed by atoms with E-state index in [4.69, 9.17) is 11.6 Å². The van der Waals surface area contributed by atoms with Crippen molar-refractivity contribution in [3.05, 3.63) is 64.8 Å². The van der Waals surface area contributed by atoms with E-state index in [0.717, 1.165) is 35.2 Å². The number of nitrogens with one attached hydrogen (secondary N) is 2. The molecule has 2 N–H and O–H groups in total. The van der Waals surface area contributed by atoms with Gasteiger partial charge in [0.15, 0.2) is 0 Å². The number of rotatable bonds is 4. The number of benzene rings is 2. The van der Waals surface area contributed by atoms with E-state index in [9.17, 15) is 9.59 Å². The highest BCUT2D eigenvalue weighted by atomic mass is 35.5. The van der Waals surface area contributed by atoms with E-state index >= 15 is 0 Å². The van der Waals surface area contributed by atoms with E-state index in [-0.39, 0.29) is 18.4 Å². The van der Waals surface area contributed by atoms with Gasteiger partial charge < -0.3 is 20.1 Å². The predicted molar refractivity (Wildman–Crippen MR) is 116 cm³/mol. The van der Waals surface area contributed by atoms with E-state index in [1.807, 2.05) is 49.4 Å². The summed E-state index contributed by atoms with van der Waals surface area (Å²) in [5.74, 6) is -0.340. The van der Waals surface area contributed by atoms with Crippen LogP contribution in [0.2, 0.25) is 5.02 Å². The van der Waals surface area contributed by atoms with Crippen molar-refractivity contribution < 1.29 is 9.59 Å². The molecule has 0 bridgehead atoms. The zero-order chi connectivity index (χ0) is 20.4. The van der Waals surface area contributed by atoms with Crippen molar-refractivity contribution in [3.8, 4) is 0 Å².